The highest BCUT2D eigenvalue weighted by atomic mass is 19.1. The minimum atomic E-state index is -0.434. The monoisotopic (exact) mass is 315 g/mol. The predicted octanol–water partition coefficient (Wildman–Crippen LogP) is 3.26. The molecular weight excluding hydrogens is 297 g/mol. The number of carbonyl (C=O) groups excluding carboxylic acids is 1. The second-order valence-corrected chi connectivity index (χ2v) is 5.58. The molecule has 5 heteroatoms. The Labute approximate surface area is 134 Å². The first-order chi connectivity index (χ1) is 11.1. The van der Waals surface area contributed by atoms with Crippen molar-refractivity contribution < 1.29 is 18.7 Å². The number of benzene rings is 2. The van der Waals surface area contributed by atoms with Crippen molar-refractivity contribution in [1.29, 1.82) is 0 Å². The number of hydrogen-bond acceptors (Lipinski definition) is 3. The lowest BCUT2D eigenvalue weighted by Crippen LogP contribution is -2.35. The Balaban J connectivity index is 1.89. The Kier molecular flexibility index (Phi) is 3.94. The number of amides is 1. The van der Waals surface area contributed by atoms with Gasteiger partial charge in [0.1, 0.15) is 22.9 Å². The molecule has 0 bridgehead atoms. The first-order valence-electron chi connectivity index (χ1n) is 7.39. The van der Waals surface area contributed by atoms with Gasteiger partial charge in [0.05, 0.1) is 19.8 Å². The lowest BCUT2D eigenvalue weighted by atomic mass is 10.0. The summed E-state index contributed by atoms with van der Waals surface area (Å²) >= 11 is 0. The third-order valence-corrected chi connectivity index (χ3v) is 4.15. The molecular formula is C18H18FNO3. The third kappa shape index (κ3) is 2.86. The Morgan fingerprint density at radius 3 is 2.09 bits per heavy atom. The van der Waals surface area contributed by atoms with Gasteiger partial charge in [-0.05, 0) is 42.7 Å². The first-order valence-corrected chi connectivity index (χ1v) is 7.39. The molecule has 4 nitrogen and oxygen atoms in total. The van der Waals surface area contributed by atoms with E-state index < -0.39 is 5.54 Å². The molecule has 120 valence electrons. The summed E-state index contributed by atoms with van der Waals surface area (Å²) in [6, 6.07) is 11.4. The van der Waals surface area contributed by atoms with Crippen LogP contribution in [0.15, 0.2) is 42.5 Å². The zero-order chi connectivity index (χ0) is 16.4. The average molecular weight is 315 g/mol. The van der Waals surface area contributed by atoms with Gasteiger partial charge in [0, 0.05) is 0 Å². The molecule has 3 rings (SSSR count). The topological polar surface area (TPSA) is 47.6 Å². The van der Waals surface area contributed by atoms with Gasteiger partial charge in [-0.3, -0.25) is 4.79 Å². The molecule has 1 N–H and O–H groups in total. The van der Waals surface area contributed by atoms with Gasteiger partial charge < -0.3 is 14.8 Å². The van der Waals surface area contributed by atoms with Gasteiger partial charge in [-0.1, -0.05) is 18.2 Å². The standard InChI is InChI=1S/C18H18FNO3/c1-22-14-4-3-5-15(23-2)16(14)17(21)20-18(10-11-18)12-6-8-13(19)9-7-12/h3-9H,10-11H2,1-2H3,(H,20,21). The summed E-state index contributed by atoms with van der Waals surface area (Å²) in [7, 11) is 3.02. The molecule has 0 heterocycles. The molecule has 1 saturated carbocycles. The lowest BCUT2D eigenvalue weighted by Gasteiger charge is -2.20. The van der Waals surface area contributed by atoms with Crippen LogP contribution in [0.4, 0.5) is 4.39 Å². The van der Waals surface area contributed by atoms with E-state index in [2.05, 4.69) is 5.32 Å². The van der Waals surface area contributed by atoms with Crippen LogP contribution in [0.25, 0.3) is 0 Å². The number of halogens is 1. The van der Waals surface area contributed by atoms with E-state index in [9.17, 15) is 9.18 Å². The summed E-state index contributed by atoms with van der Waals surface area (Å²) in [6.07, 6.45) is 1.64. The van der Waals surface area contributed by atoms with Crippen molar-refractivity contribution in [3.63, 3.8) is 0 Å². The fraction of sp³-hybridized carbons (Fsp3) is 0.278. The van der Waals surface area contributed by atoms with Crippen LogP contribution in [0.3, 0.4) is 0 Å². The molecule has 1 amide bonds. The molecule has 2 aromatic rings. The van der Waals surface area contributed by atoms with Crippen molar-refractivity contribution in [2.75, 3.05) is 14.2 Å². The first kappa shape index (κ1) is 15.3. The van der Waals surface area contributed by atoms with E-state index in [1.165, 1.54) is 26.4 Å². The summed E-state index contributed by atoms with van der Waals surface area (Å²) in [4.78, 5) is 12.8. The molecule has 1 aliphatic carbocycles. The Morgan fingerprint density at radius 2 is 1.61 bits per heavy atom. The van der Waals surface area contributed by atoms with Gasteiger partial charge in [0.15, 0.2) is 0 Å². The van der Waals surface area contributed by atoms with Crippen LogP contribution in [0, 0.1) is 5.82 Å². The quantitative estimate of drug-likeness (QED) is 0.921. The van der Waals surface area contributed by atoms with Crippen molar-refractivity contribution in [3.8, 4) is 11.5 Å². The molecule has 0 spiro atoms. The molecule has 0 saturated heterocycles. The summed E-state index contributed by atoms with van der Waals surface area (Å²) in [6.45, 7) is 0. The van der Waals surface area contributed by atoms with Crippen LogP contribution in [0.5, 0.6) is 11.5 Å². The van der Waals surface area contributed by atoms with Gasteiger partial charge in [-0.2, -0.15) is 0 Å². The van der Waals surface area contributed by atoms with Crippen molar-refractivity contribution >= 4 is 5.91 Å². The number of ether oxygens (including phenoxy) is 2. The van der Waals surface area contributed by atoms with Gasteiger partial charge in [0.25, 0.3) is 5.91 Å². The molecule has 0 radical (unpaired) electrons. The van der Waals surface area contributed by atoms with Gasteiger partial charge in [-0.25, -0.2) is 4.39 Å². The van der Waals surface area contributed by atoms with Crippen LogP contribution in [-0.4, -0.2) is 20.1 Å². The highest BCUT2D eigenvalue weighted by Gasteiger charge is 2.46. The molecule has 23 heavy (non-hydrogen) atoms. The summed E-state index contributed by atoms with van der Waals surface area (Å²) in [5, 5.41) is 3.05. The lowest BCUT2D eigenvalue weighted by molar-refractivity contribution is 0.0924. The largest absolute Gasteiger partial charge is 0.496 e. The van der Waals surface area contributed by atoms with E-state index in [0.29, 0.717) is 17.1 Å². The molecule has 0 unspecified atom stereocenters. The Morgan fingerprint density at radius 1 is 1.04 bits per heavy atom. The summed E-state index contributed by atoms with van der Waals surface area (Å²) in [5.41, 5.74) is 0.836. The van der Waals surface area contributed by atoms with E-state index in [1.807, 2.05) is 0 Å². The maximum atomic E-state index is 13.1. The molecule has 0 aromatic heterocycles. The van der Waals surface area contributed by atoms with Crippen molar-refractivity contribution in [3.05, 3.63) is 59.4 Å². The van der Waals surface area contributed by atoms with Crippen LogP contribution in [0.1, 0.15) is 28.8 Å². The fourth-order valence-electron chi connectivity index (χ4n) is 2.73. The van der Waals surface area contributed by atoms with E-state index in [0.717, 1.165) is 18.4 Å². The minimum Gasteiger partial charge on any atom is -0.496 e. The normalized spacial score (nSPS) is 14.9. The minimum absolute atomic E-state index is 0.263. The van der Waals surface area contributed by atoms with Gasteiger partial charge in [0.2, 0.25) is 0 Å². The smallest absolute Gasteiger partial charge is 0.259 e. The molecule has 1 fully saturated rings. The Bertz CT molecular complexity index is 701. The van der Waals surface area contributed by atoms with Crippen LogP contribution < -0.4 is 14.8 Å². The second kappa shape index (κ2) is 5.91. The highest BCUT2D eigenvalue weighted by Crippen LogP contribution is 2.46. The second-order valence-electron chi connectivity index (χ2n) is 5.58. The van der Waals surface area contributed by atoms with Crippen LogP contribution >= 0.6 is 0 Å². The number of rotatable bonds is 5. The van der Waals surface area contributed by atoms with E-state index in [4.69, 9.17) is 9.47 Å². The SMILES string of the molecule is COc1cccc(OC)c1C(=O)NC1(c2ccc(F)cc2)CC1. The van der Waals surface area contributed by atoms with Crippen LogP contribution in [-0.2, 0) is 5.54 Å². The van der Waals surface area contributed by atoms with Gasteiger partial charge >= 0.3 is 0 Å². The number of carbonyl (C=O) groups is 1. The van der Waals surface area contributed by atoms with Crippen molar-refractivity contribution in [1.82, 2.24) is 5.32 Å². The van der Waals surface area contributed by atoms with E-state index >= 15 is 0 Å². The molecule has 0 aliphatic heterocycles. The molecule has 0 atom stereocenters. The Hall–Kier alpha value is -2.56. The maximum Gasteiger partial charge on any atom is 0.259 e. The van der Waals surface area contributed by atoms with Crippen molar-refractivity contribution in [2.45, 2.75) is 18.4 Å². The van der Waals surface area contributed by atoms with Gasteiger partial charge in [-0.15, -0.1) is 0 Å². The van der Waals surface area contributed by atoms with Crippen molar-refractivity contribution in [2.24, 2.45) is 0 Å². The maximum absolute atomic E-state index is 13.1. The fourth-order valence-corrected chi connectivity index (χ4v) is 2.73. The summed E-state index contributed by atoms with van der Waals surface area (Å²) < 4.78 is 23.6. The number of methoxy groups -OCH3 is 2. The zero-order valence-electron chi connectivity index (χ0n) is 13.1. The summed E-state index contributed by atoms with van der Waals surface area (Å²) in [5.74, 6) is 0.358. The number of nitrogens with one attached hydrogen (secondary N) is 1. The van der Waals surface area contributed by atoms with E-state index in [1.54, 1.807) is 30.3 Å². The third-order valence-electron chi connectivity index (χ3n) is 4.15. The average Bonchev–Trinajstić information content (AvgIpc) is 3.35. The predicted molar refractivity (Wildman–Crippen MR) is 84.3 cm³/mol. The zero-order valence-corrected chi connectivity index (χ0v) is 13.1. The highest BCUT2D eigenvalue weighted by molar-refractivity contribution is 6.00. The molecule has 1 aliphatic rings. The molecule has 2 aromatic carbocycles. The number of hydrogen-bond donors (Lipinski definition) is 1. The van der Waals surface area contributed by atoms with Crippen LogP contribution in [0.2, 0.25) is 0 Å². The van der Waals surface area contributed by atoms with E-state index in [-0.39, 0.29) is 11.7 Å².